The highest BCUT2D eigenvalue weighted by molar-refractivity contribution is 9.10. The van der Waals surface area contributed by atoms with Gasteiger partial charge in [-0.25, -0.2) is 4.39 Å². The summed E-state index contributed by atoms with van der Waals surface area (Å²) in [6.45, 7) is 4.88. The topological polar surface area (TPSA) is 15.3 Å². The summed E-state index contributed by atoms with van der Waals surface area (Å²) in [4.78, 5) is 2.10. The van der Waals surface area contributed by atoms with Crippen molar-refractivity contribution in [3.8, 4) is 0 Å². The quantitative estimate of drug-likeness (QED) is 0.919. The molecule has 1 unspecified atom stereocenters. The van der Waals surface area contributed by atoms with Gasteiger partial charge in [-0.15, -0.1) is 0 Å². The number of nitrogens with zero attached hydrogens (tertiary/aromatic N) is 1. The zero-order valence-corrected chi connectivity index (χ0v) is 10.9. The molecule has 1 aliphatic heterocycles. The number of nitrogens with one attached hydrogen (secondary N) is 1. The number of hydrogen-bond donors (Lipinski definition) is 1. The number of benzene rings is 1. The maximum atomic E-state index is 13.7. The van der Waals surface area contributed by atoms with Crippen molar-refractivity contribution in [1.29, 1.82) is 0 Å². The predicted octanol–water partition coefficient (Wildman–Crippen LogP) is 2.78. The molecule has 0 bridgehead atoms. The zero-order valence-electron chi connectivity index (χ0n) is 9.34. The summed E-state index contributed by atoms with van der Waals surface area (Å²) < 4.78 is 14.6. The van der Waals surface area contributed by atoms with E-state index in [1.54, 1.807) is 6.07 Å². The van der Waals surface area contributed by atoms with Crippen molar-refractivity contribution in [3.05, 3.63) is 28.5 Å². The molecule has 0 saturated carbocycles. The summed E-state index contributed by atoms with van der Waals surface area (Å²) in [5.74, 6) is -0.139. The van der Waals surface area contributed by atoms with Crippen molar-refractivity contribution in [2.45, 2.75) is 19.4 Å². The molecule has 0 aromatic heterocycles. The Balaban J connectivity index is 2.11. The van der Waals surface area contributed by atoms with Gasteiger partial charge in [-0.1, -0.05) is 22.9 Å². The van der Waals surface area contributed by atoms with Crippen LogP contribution < -0.4 is 10.2 Å². The second-order valence-electron chi connectivity index (χ2n) is 4.09. The summed E-state index contributed by atoms with van der Waals surface area (Å²) in [6, 6.07) is 5.59. The normalized spacial score (nSPS) is 20.4. The van der Waals surface area contributed by atoms with Gasteiger partial charge in [0.25, 0.3) is 0 Å². The van der Waals surface area contributed by atoms with Crippen LogP contribution >= 0.6 is 15.9 Å². The number of halogens is 2. The van der Waals surface area contributed by atoms with E-state index in [0.717, 1.165) is 30.5 Å². The first-order valence-corrected chi connectivity index (χ1v) is 6.43. The molecule has 16 heavy (non-hydrogen) atoms. The van der Waals surface area contributed by atoms with Crippen LogP contribution in [0.25, 0.3) is 0 Å². The minimum absolute atomic E-state index is 0.139. The van der Waals surface area contributed by atoms with E-state index in [0.29, 0.717) is 11.7 Å². The smallest absolute Gasteiger partial charge is 0.146 e. The number of hydrogen-bond acceptors (Lipinski definition) is 2. The van der Waals surface area contributed by atoms with Crippen molar-refractivity contribution in [2.75, 3.05) is 24.5 Å². The van der Waals surface area contributed by atoms with Crippen LogP contribution in [0.4, 0.5) is 10.1 Å². The molecule has 1 aromatic rings. The van der Waals surface area contributed by atoms with Crippen LogP contribution in [-0.2, 0) is 0 Å². The van der Waals surface area contributed by atoms with E-state index in [1.807, 2.05) is 6.07 Å². The minimum Gasteiger partial charge on any atom is -0.368 e. The lowest BCUT2D eigenvalue weighted by atomic mass is 10.2. The largest absolute Gasteiger partial charge is 0.368 e. The maximum absolute atomic E-state index is 13.7. The van der Waals surface area contributed by atoms with E-state index in [9.17, 15) is 4.39 Å². The third kappa shape index (κ3) is 2.55. The highest BCUT2D eigenvalue weighted by Crippen LogP contribution is 2.26. The van der Waals surface area contributed by atoms with Crippen LogP contribution in [0.15, 0.2) is 22.7 Å². The molecule has 1 saturated heterocycles. The van der Waals surface area contributed by atoms with Gasteiger partial charge in [0.05, 0.1) is 5.69 Å². The van der Waals surface area contributed by atoms with Crippen LogP contribution in [0, 0.1) is 5.82 Å². The fourth-order valence-electron chi connectivity index (χ4n) is 2.16. The lowest BCUT2D eigenvalue weighted by molar-refractivity contribution is 0.570. The summed E-state index contributed by atoms with van der Waals surface area (Å²) in [6.07, 6.45) is 1.08. The Morgan fingerprint density at radius 2 is 2.38 bits per heavy atom. The molecule has 0 radical (unpaired) electrons. The summed E-state index contributed by atoms with van der Waals surface area (Å²) >= 11 is 3.38. The van der Waals surface area contributed by atoms with Gasteiger partial charge >= 0.3 is 0 Å². The lowest BCUT2D eigenvalue weighted by Crippen LogP contribution is -2.32. The number of rotatable bonds is 3. The van der Waals surface area contributed by atoms with E-state index >= 15 is 0 Å². The van der Waals surface area contributed by atoms with E-state index in [1.165, 1.54) is 6.07 Å². The first-order chi connectivity index (χ1) is 7.70. The number of anilines is 1. The molecule has 0 amide bonds. The molecule has 0 spiro atoms. The predicted molar refractivity (Wildman–Crippen MR) is 68.4 cm³/mol. The van der Waals surface area contributed by atoms with Crippen molar-refractivity contribution in [3.63, 3.8) is 0 Å². The van der Waals surface area contributed by atoms with E-state index < -0.39 is 0 Å². The third-order valence-electron chi connectivity index (χ3n) is 2.93. The highest BCUT2D eigenvalue weighted by atomic mass is 79.9. The van der Waals surface area contributed by atoms with Crippen LogP contribution in [0.2, 0.25) is 0 Å². The molecule has 88 valence electrons. The van der Waals surface area contributed by atoms with Crippen LogP contribution in [0.5, 0.6) is 0 Å². The molecule has 1 N–H and O–H groups in total. The second-order valence-corrected chi connectivity index (χ2v) is 5.00. The Kier molecular flexibility index (Phi) is 3.82. The monoisotopic (exact) mass is 286 g/mol. The van der Waals surface area contributed by atoms with E-state index in [2.05, 4.69) is 33.1 Å². The Morgan fingerprint density at radius 1 is 1.56 bits per heavy atom. The third-order valence-corrected chi connectivity index (χ3v) is 3.42. The van der Waals surface area contributed by atoms with Crippen LogP contribution in [0.3, 0.4) is 0 Å². The van der Waals surface area contributed by atoms with Crippen molar-refractivity contribution in [1.82, 2.24) is 5.32 Å². The Morgan fingerprint density at radius 3 is 3.12 bits per heavy atom. The molecular weight excluding hydrogens is 271 g/mol. The van der Waals surface area contributed by atoms with Crippen LogP contribution in [-0.4, -0.2) is 25.7 Å². The average Bonchev–Trinajstić information content (AvgIpc) is 2.71. The minimum atomic E-state index is -0.139. The molecular formula is C12H16BrFN2. The molecule has 1 heterocycles. The van der Waals surface area contributed by atoms with Crippen molar-refractivity contribution < 1.29 is 4.39 Å². The fraction of sp³-hybridized carbons (Fsp3) is 0.500. The van der Waals surface area contributed by atoms with E-state index in [4.69, 9.17) is 0 Å². The van der Waals surface area contributed by atoms with Gasteiger partial charge in [-0.3, -0.25) is 0 Å². The zero-order chi connectivity index (χ0) is 11.5. The Labute approximate surface area is 104 Å². The first-order valence-electron chi connectivity index (χ1n) is 5.64. The number of likely N-dealkylation sites (N-methyl/N-ethyl adjacent to an activating group) is 1. The summed E-state index contributed by atoms with van der Waals surface area (Å²) in [7, 11) is 0. The van der Waals surface area contributed by atoms with Gasteiger partial charge in [0, 0.05) is 23.6 Å². The SMILES string of the molecule is CCNC1CCN(c2cc(Br)ccc2F)C1. The first kappa shape index (κ1) is 11.9. The van der Waals surface area contributed by atoms with Crippen LogP contribution in [0.1, 0.15) is 13.3 Å². The fourth-order valence-corrected chi connectivity index (χ4v) is 2.51. The Bertz CT molecular complexity index is 370. The lowest BCUT2D eigenvalue weighted by Gasteiger charge is -2.19. The summed E-state index contributed by atoms with van der Waals surface area (Å²) in [5, 5.41) is 3.40. The maximum Gasteiger partial charge on any atom is 0.146 e. The average molecular weight is 287 g/mol. The van der Waals surface area contributed by atoms with Gasteiger partial charge in [-0.2, -0.15) is 0 Å². The van der Waals surface area contributed by atoms with Crippen molar-refractivity contribution in [2.24, 2.45) is 0 Å². The van der Waals surface area contributed by atoms with Crippen molar-refractivity contribution >= 4 is 21.6 Å². The summed E-state index contributed by atoms with van der Waals surface area (Å²) in [5.41, 5.74) is 0.703. The van der Waals surface area contributed by atoms with Gasteiger partial charge in [0.15, 0.2) is 0 Å². The van der Waals surface area contributed by atoms with E-state index in [-0.39, 0.29) is 5.82 Å². The molecule has 2 nitrogen and oxygen atoms in total. The molecule has 2 rings (SSSR count). The van der Waals surface area contributed by atoms with Gasteiger partial charge < -0.3 is 10.2 Å². The standard InChI is InChI=1S/C12H16BrFN2/c1-2-15-10-5-6-16(8-10)12-7-9(13)3-4-11(12)14/h3-4,7,10,15H,2,5-6,8H2,1H3. The molecule has 1 fully saturated rings. The van der Waals surface area contributed by atoms with Gasteiger partial charge in [0.2, 0.25) is 0 Å². The molecule has 1 aliphatic rings. The molecule has 0 aliphatic carbocycles. The van der Waals surface area contributed by atoms with Gasteiger partial charge in [-0.05, 0) is 31.2 Å². The second kappa shape index (κ2) is 5.15. The van der Waals surface area contributed by atoms with Gasteiger partial charge in [0.1, 0.15) is 5.82 Å². The molecule has 1 atom stereocenters. The molecule has 4 heteroatoms. The highest BCUT2D eigenvalue weighted by Gasteiger charge is 2.23. The molecule has 1 aromatic carbocycles. The Hall–Kier alpha value is -0.610.